The van der Waals surface area contributed by atoms with Gasteiger partial charge in [0.15, 0.2) is 0 Å². The Hall–Kier alpha value is -1.03. The van der Waals surface area contributed by atoms with Crippen molar-refractivity contribution in [1.82, 2.24) is 9.96 Å². The first-order valence-corrected chi connectivity index (χ1v) is 6.81. The first-order valence-electron chi connectivity index (χ1n) is 5.73. The van der Waals surface area contributed by atoms with Gasteiger partial charge in [-0.15, -0.1) is 6.58 Å². The van der Waals surface area contributed by atoms with E-state index in [1.165, 1.54) is 11.5 Å². The topological polar surface area (TPSA) is 54.4 Å². The third-order valence-electron chi connectivity index (χ3n) is 2.92. The summed E-state index contributed by atoms with van der Waals surface area (Å²) in [4.78, 5) is 23.4. The molecule has 2 atom stereocenters. The summed E-state index contributed by atoms with van der Waals surface area (Å²) in [6.07, 6.45) is 4.79. The number of rotatable bonds is 6. The SMILES string of the molecule is [B]OC=NC[C@@H]1C=C(I)[C@@H]2CN1C(=O)N2OCC=C. The number of fused-ring (bicyclic) bond motifs is 2. The summed E-state index contributed by atoms with van der Waals surface area (Å²) >= 11 is 2.23. The van der Waals surface area contributed by atoms with Crippen LogP contribution in [0, 0.1) is 0 Å². The van der Waals surface area contributed by atoms with E-state index in [0.717, 1.165) is 3.58 Å². The molecule has 1 fully saturated rings. The van der Waals surface area contributed by atoms with Gasteiger partial charge in [-0.3, -0.25) is 9.83 Å². The van der Waals surface area contributed by atoms with Gasteiger partial charge in [0.2, 0.25) is 0 Å². The van der Waals surface area contributed by atoms with Crippen molar-refractivity contribution in [3.63, 3.8) is 0 Å². The summed E-state index contributed by atoms with van der Waals surface area (Å²) in [7, 11) is 4.87. The molecule has 19 heavy (non-hydrogen) atoms. The number of hydroxylamine groups is 2. The molecule has 2 bridgehead atoms. The van der Waals surface area contributed by atoms with Crippen molar-refractivity contribution >= 4 is 43.1 Å². The lowest BCUT2D eigenvalue weighted by molar-refractivity contribution is -0.108. The molecule has 0 spiro atoms. The number of hydrogen-bond acceptors (Lipinski definition) is 4. The average molecular weight is 373 g/mol. The minimum atomic E-state index is -0.149. The zero-order valence-corrected chi connectivity index (χ0v) is 12.4. The molecular weight excluding hydrogens is 360 g/mol. The third kappa shape index (κ3) is 2.94. The van der Waals surface area contributed by atoms with Crippen LogP contribution in [-0.2, 0) is 9.49 Å². The van der Waals surface area contributed by atoms with Crippen LogP contribution in [0.15, 0.2) is 27.3 Å². The van der Waals surface area contributed by atoms with Crippen LogP contribution in [-0.4, -0.2) is 62.2 Å². The zero-order valence-electron chi connectivity index (χ0n) is 10.2. The molecule has 0 aromatic rings. The summed E-state index contributed by atoms with van der Waals surface area (Å²) in [5.74, 6) is 0. The maximum absolute atomic E-state index is 12.2. The van der Waals surface area contributed by atoms with Crippen molar-refractivity contribution < 1.29 is 14.3 Å². The summed E-state index contributed by atoms with van der Waals surface area (Å²) in [6.45, 7) is 4.91. The average Bonchev–Trinajstić information content (AvgIpc) is 2.68. The standard InChI is InChI=1S/C11H13BIN3O3/c1-2-3-19-16-10-6-15(11(16)17)8(4-9(10)13)5-14-7-18-12/h2,4,7-8,10H,1,3,5-6H2/t8-,10-/m0/s1. The number of amides is 2. The van der Waals surface area contributed by atoms with Crippen LogP contribution in [0.5, 0.6) is 0 Å². The summed E-state index contributed by atoms with van der Waals surface area (Å²) < 4.78 is 5.34. The van der Waals surface area contributed by atoms with Gasteiger partial charge in [-0.1, -0.05) is 6.08 Å². The van der Waals surface area contributed by atoms with Gasteiger partial charge in [-0.2, -0.15) is 5.06 Å². The molecule has 2 aliphatic rings. The predicted molar refractivity (Wildman–Crippen MR) is 80.0 cm³/mol. The molecule has 2 amide bonds. The molecule has 8 heteroatoms. The highest BCUT2D eigenvalue weighted by atomic mass is 127. The van der Waals surface area contributed by atoms with Crippen molar-refractivity contribution in [3.05, 3.63) is 22.3 Å². The van der Waals surface area contributed by atoms with Gasteiger partial charge in [0.1, 0.15) is 12.4 Å². The second kappa shape index (κ2) is 6.42. The third-order valence-corrected chi connectivity index (χ3v) is 4.00. The Balaban J connectivity index is 2.09. The van der Waals surface area contributed by atoms with E-state index in [9.17, 15) is 4.79 Å². The first-order chi connectivity index (χ1) is 9.19. The predicted octanol–water partition coefficient (Wildman–Crippen LogP) is 1.04. The quantitative estimate of drug-likeness (QED) is 0.230. The van der Waals surface area contributed by atoms with Crippen molar-refractivity contribution in [3.8, 4) is 0 Å². The van der Waals surface area contributed by atoms with Gasteiger partial charge >= 0.3 is 14.1 Å². The highest BCUT2D eigenvalue weighted by Gasteiger charge is 2.45. The number of urea groups is 1. The molecule has 0 saturated carbocycles. The fourth-order valence-electron chi connectivity index (χ4n) is 2.08. The lowest BCUT2D eigenvalue weighted by Gasteiger charge is -2.26. The molecule has 0 N–H and O–H groups in total. The number of hydrogen-bond donors (Lipinski definition) is 0. The molecule has 2 radical (unpaired) electrons. The second-order valence-electron chi connectivity index (χ2n) is 4.09. The van der Waals surface area contributed by atoms with Crippen LogP contribution in [0.3, 0.4) is 0 Å². The van der Waals surface area contributed by atoms with Crippen LogP contribution in [0.2, 0.25) is 0 Å². The van der Waals surface area contributed by atoms with E-state index in [0.29, 0.717) is 19.7 Å². The van der Waals surface area contributed by atoms with Gasteiger partial charge in [0.25, 0.3) is 0 Å². The Bertz CT molecular complexity index is 429. The Morgan fingerprint density at radius 2 is 2.47 bits per heavy atom. The van der Waals surface area contributed by atoms with Crippen LogP contribution >= 0.6 is 22.6 Å². The molecule has 100 valence electrons. The molecule has 2 rings (SSSR count). The number of halogens is 1. The van der Waals surface area contributed by atoms with E-state index >= 15 is 0 Å². The van der Waals surface area contributed by atoms with E-state index in [2.05, 4.69) is 38.8 Å². The smallest absolute Gasteiger partial charge is 0.375 e. The van der Waals surface area contributed by atoms with E-state index < -0.39 is 0 Å². The van der Waals surface area contributed by atoms with Crippen LogP contribution in [0.1, 0.15) is 0 Å². The monoisotopic (exact) mass is 373 g/mol. The molecule has 0 aromatic heterocycles. The van der Waals surface area contributed by atoms with Crippen molar-refractivity contribution in [2.45, 2.75) is 12.1 Å². The van der Waals surface area contributed by atoms with E-state index in [-0.39, 0.29) is 18.1 Å². The van der Waals surface area contributed by atoms with Gasteiger partial charge in [-0.25, -0.2) is 4.79 Å². The highest BCUT2D eigenvalue weighted by molar-refractivity contribution is 14.1. The van der Waals surface area contributed by atoms with E-state index in [1.807, 2.05) is 6.08 Å². The molecule has 6 nitrogen and oxygen atoms in total. The maximum Gasteiger partial charge on any atom is 0.375 e. The highest BCUT2D eigenvalue weighted by Crippen LogP contribution is 2.33. The zero-order chi connectivity index (χ0) is 13.8. The molecule has 0 aromatic carbocycles. The largest absolute Gasteiger partial charge is 0.560 e. The number of nitrogens with zero attached hydrogens (tertiary/aromatic N) is 3. The summed E-state index contributed by atoms with van der Waals surface area (Å²) in [5, 5.41) is 1.41. The van der Waals surface area contributed by atoms with Crippen LogP contribution in [0.4, 0.5) is 4.79 Å². The second-order valence-corrected chi connectivity index (χ2v) is 5.33. The van der Waals surface area contributed by atoms with Gasteiger partial charge in [0.05, 0.1) is 25.7 Å². The Morgan fingerprint density at radius 1 is 1.68 bits per heavy atom. The van der Waals surface area contributed by atoms with Crippen molar-refractivity contribution in [2.24, 2.45) is 4.99 Å². The number of carbonyl (C=O) groups is 1. The molecule has 0 unspecified atom stereocenters. The number of aliphatic imine (C=N–C) groups is 1. The van der Waals surface area contributed by atoms with Gasteiger partial charge in [-0.05, 0) is 28.7 Å². The Morgan fingerprint density at radius 3 is 3.16 bits per heavy atom. The lowest BCUT2D eigenvalue weighted by Crippen LogP contribution is -2.40. The molecule has 2 aliphatic heterocycles. The molecule has 1 saturated heterocycles. The Labute approximate surface area is 126 Å². The van der Waals surface area contributed by atoms with Crippen LogP contribution in [0.25, 0.3) is 0 Å². The first kappa shape index (κ1) is 14.4. The molecular formula is C11H13BIN3O3. The van der Waals surface area contributed by atoms with Crippen molar-refractivity contribution in [1.29, 1.82) is 0 Å². The van der Waals surface area contributed by atoms with Gasteiger partial charge in [0, 0.05) is 3.58 Å². The summed E-state index contributed by atoms with van der Waals surface area (Å²) in [6, 6.07) is -0.290. The lowest BCUT2D eigenvalue weighted by atomic mass is 10.1. The minimum Gasteiger partial charge on any atom is -0.560 e. The summed E-state index contributed by atoms with van der Waals surface area (Å²) in [5.41, 5.74) is 0. The normalized spacial score (nSPS) is 25.9. The fraction of sp³-hybridized carbons (Fsp3) is 0.455. The number of carbonyl (C=O) groups excluding carboxylic acids is 1. The van der Waals surface area contributed by atoms with E-state index in [1.54, 1.807) is 11.0 Å². The Kier molecular flexibility index (Phi) is 4.86. The van der Waals surface area contributed by atoms with E-state index in [4.69, 9.17) is 12.9 Å². The van der Waals surface area contributed by atoms with Gasteiger partial charge < -0.3 is 9.55 Å². The fourth-order valence-corrected chi connectivity index (χ4v) is 2.95. The molecule has 2 heterocycles. The maximum atomic E-state index is 12.2. The van der Waals surface area contributed by atoms with Crippen molar-refractivity contribution in [2.75, 3.05) is 19.7 Å². The van der Waals surface area contributed by atoms with Crippen LogP contribution < -0.4 is 0 Å². The minimum absolute atomic E-state index is 0.0426. The molecule has 0 aliphatic carbocycles.